The first kappa shape index (κ1) is 6.93. The van der Waals surface area contributed by atoms with Crippen LogP contribution in [-0.4, -0.2) is 19.6 Å². The summed E-state index contributed by atoms with van der Waals surface area (Å²) in [5, 5.41) is 0. The highest BCUT2D eigenvalue weighted by molar-refractivity contribution is 4.89. The Morgan fingerprint density at radius 3 is 1.90 bits per heavy atom. The van der Waals surface area contributed by atoms with Crippen LogP contribution in [0.15, 0.2) is 0 Å². The molecule has 3 saturated heterocycles. The van der Waals surface area contributed by atoms with Crippen LogP contribution in [0.2, 0.25) is 0 Å². The normalized spacial score (nSPS) is 55.2. The predicted molar refractivity (Wildman–Crippen MR) is 35.3 cm³/mol. The van der Waals surface area contributed by atoms with Gasteiger partial charge in [0.25, 0.3) is 0 Å². The van der Waals surface area contributed by atoms with Crippen molar-refractivity contribution in [2.45, 2.75) is 12.8 Å². The minimum absolute atomic E-state index is 0. The molecule has 3 aliphatic heterocycles. The van der Waals surface area contributed by atoms with E-state index in [-0.39, 0.29) is 12.4 Å². The molecule has 2 atom stereocenters. The van der Waals surface area contributed by atoms with E-state index in [0.717, 1.165) is 5.92 Å². The van der Waals surface area contributed by atoms with Crippen LogP contribution in [0.1, 0.15) is 12.8 Å². The zero-order valence-corrected chi connectivity index (χ0v) is 6.90. The maximum Gasteiger partial charge on any atom is 0.0804 e. The Morgan fingerprint density at radius 1 is 0.900 bits per heavy atom. The highest BCUT2D eigenvalue weighted by Crippen LogP contribution is 2.39. The molecule has 10 heavy (non-hydrogen) atoms. The number of halogens is 1. The summed E-state index contributed by atoms with van der Waals surface area (Å²) in [4.78, 5) is 1.92. The van der Waals surface area contributed by atoms with Gasteiger partial charge in [0.1, 0.15) is 0 Å². The molecule has 1 saturated carbocycles. The Bertz CT molecular complexity index is 115. The molecule has 2 unspecified atom stereocenters. The van der Waals surface area contributed by atoms with Gasteiger partial charge in [-0.25, -0.2) is 0 Å². The first-order valence-corrected chi connectivity index (χ1v) is 4.25. The van der Waals surface area contributed by atoms with Crippen molar-refractivity contribution in [2.24, 2.45) is 17.8 Å². The smallest absolute Gasteiger partial charge is 0.0804 e. The van der Waals surface area contributed by atoms with Crippen LogP contribution >= 0.6 is 0 Å². The first-order chi connectivity index (χ1) is 4.42. The van der Waals surface area contributed by atoms with Crippen molar-refractivity contribution >= 4 is 0 Å². The molecule has 0 aromatic rings. The standard InChI is InChI=1S/C8H13N.ClH/c1-6-2-8-5-9(3-6)4-7(1)8;/h6-8H,1-5H2;1H. The van der Waals surface area contributed by atoms with Gasteiger partial charge < -0.3 is 17.3 Å². The van der Waals surface area contributed by atoms with E-state index in [0.29, 0.717) is 0 Å². The van der Waals surface area contributed by atoms with Gasteiger partial charge in [-0.2, -0.15) is 0 Å². The lowest BCUT2D eigenvalue weighted by atomic mass is 10.0. The average Bonchev–Trinajstić information content (AvgIpc) is 2.20. The summed E-state index contributed by atoms with van der Waals surface area (Å²) in [6, 6.07) is 0. The molecular formula is C8H14ClN. The lowest BCUT2D eigenvalue weighted by Crippen LogP contribution is -3.12. The van der Waals surface area contributed by atoms with Crippen molar-refractivity contribution in [3.63, 3.8) is 0 Å². The SMILES string of the molecule is C1C2CC3C[NH+](C2)CC13.[Cl-]. The molecule has 0 aromatic carbocycles. The van der Waals surface area contributed by atoms with Gasteiger partial charge in [0.05, 0.1) is 19.6 Å². The first-order valence-electron chi connectivity index (χ1n) is 4.25. The molecule has 4 rings (SSSR count). The van der Waals surface area contributed by atoms with Crippen LogP contribution in [0.4, 0.5) is 0 Å². The molecule has 3 heterocycles. The number of quaternary nitrogens is 1. The van der Waals surface area contributed by atoms with E-state index in [1.54, 1.807) is 12.8 Å². The van der Waals surface area contributed by atoms with Crippen LogP contribution < -0.4 is 17.3 Å². The van der Waals surface area contributed by atoms with Crippen LogP contribution in [0.3, 0.4) is 0 Å². The van der Waals surface area contributed by atoms with E-state index >= 15 is 0 Å². The Hall–Kier alpha value is 0.250. The molecule has 4 aliphatic rings. The van der Waals surface area contributed by atoms with Gasteiger partial charge in [-0.3, -0.25) is 0 Å². The van der Waals surface area contributed by atoms with Gasteiger partial charge in [0.15, 0.2) is 0 Å². The van der Waals surface area contributed by atoms with Gasteiger partial charge in [-0.1, -0.05) is 0 Å². The van der Waals surface area contributed by atoms with E-state index in [1.807, 2.05) is 4.90 Å². The minimum Gasteiger partial charge on any atom is -1.00 e. The fourth-order valence-electron chi connectivity index (χ4n) is 3.40. The van der Waals surface area contributed by atoms with Crippen molar-refractivity contribution in [1.82, 2.24) is 0 Å². The van der Waals surface area contributed by atoms with E-state index in [4.69, 9.17) is 0 Å². The molecule has 58 valence electrons. The van der Waals surface area contributed by atoms with Crippen molar-refractivity contribution in [2.75, 3.05) is 19.6 Å². The van der Waals surface area contributed by atoms with Crippen molar-refractivity contribution in [3.8, 4) is 0 Å². The molecule has 0 spiro atoms. The van der Waals surface area contributed by atoms with Crippen molar-refractivity contribution in [1.29, 1.82) is 0 Å². The molecule has 0 radical (unpaired) electrons. The monoisotopic (exact) mass is 159 g/mol. The van der Waals surface area contributed by atoms with E-state index in [9.17, 15) is 0 Å². The van der Waals surface area contributed by atoms with Gasteiger partial charge in [0, 0.05) is 17.8 Å². The molecule has 0 amide bonds. The molecule has 1 nitrogen and oxygen atoms in total. The average molecular weight is 160 g/mol. The maximum absolute atomic E-state index is 1.92. The van der Waals surface area contributed by atoms with Crippen molar-refractivity contribution < 1.29 is 17.3 Å². The van der Waals surface area contributed by atoms with E-state index < -0.39 is 0 Å². The minimum atomic E-state index is 0. The second kappa shape index (κ2) is 2.12. The number of piperidine rings is 2. The third kappa shape index (κ3) is 0.737. The number of nitrogens with one attached hydrogen (secondary N) is 1. The molecule has 0 aromatic heterocycles. The maximum atomic E-state index is 1.92. The zero-order valence-electron chi connectivity index (χ0n) is 6.15. The van der Waals surface area contributed by atoms with Gasteiger partial charge in [-0.05, 0) is 12.8 Å². The van der Waals surface area contributed by atoms with Gasteiger partial charge in [-0.15, -0.1) is 0 Å². The van der Waals surface area contributed by atoms with Crippen LogP contribution in [0, 0.1) is 17.8 Å². The van der Waals surface area contributed by atoms with Crippen molar-refractivity contribution in [3.05, 3.63) is 0 Å². The molecular weight excluding hydrogens is 146 g/mol. The summed E-state index contributed by atoms with van der Waals surface area (Å²) >= 11 is 0. The number of hydrogen-bond donors (Lipinski definition) is 1. The van der Waals surface area contributed by atoms with Crippen LogP contribution in [0.25, 0.3) is 0 Å². The Kier molecular flexibility index (Phi) is 1.47. The summed E-state index contributed by atoms with van der Waals surface area (Å²) < 4.78 is 0. The molecule has 4 fully saturated rings. The second-order valence-corrected chi connectivity index (χ2v) is 4.22. The van der Waals surface area contributed by atoms with Crippen LogP contribution in [0.5, 0.6) is 0 Å². The van der Waals surface area contributed by atoms with E-state index in [2.05, 4.69) is 0 Å². The van der Waals surface area contributed by atoms with Gasteiger partial charge in [0.2, 0.25) is 0 Å². The Labute approximate surface area is 68.2 Å². The fourth-order valence-corrected chi connectivity index (χ4v) is 3.40. The topological polar surface area (TPSA) is 4.44 Å². The summed E-state index contributed by atoms with van der Waals surface area (Å²) in [7, 11) is 0. The zero-order chi connectivity index (χ0) is 5.84. The Morgan fingerprint density at radius 2 is 1.50 bits per heavy atom. The van der Waals surface area contributed by atoms with Gasteiger partial charge >= 0.3 is 0 Å². The largest absolute Gasteiger partial charge is 1.00 e. The van der Waals surface area contributed by atoms with Crippen LogP contribution in [-0.2, 0) is 0 Å². The fraction of sp³-hybridized carbons (Fsp3) is 1.00. The third-order valence-corrected chi connectivity index (χ3v) is 3.62. The highest BCUT2D eigenvalue weighted by atomic mass is 35.5. The Balaban J connectivity index is 0.000000403. The molecule has 1 N–H and O–H groups in total. The third-order valence-electron chi connectivity index (χ3n) is 3.62. The van der Waals surface area contributed by atoms with E-state index in [1.165, 1.54) is 31.5 Å². The molecule has 4 bridgehead atoms. The quantitative estimate of drug-likeness (QED) is 0.375. The molecule has 1 aliphatic carbocycles. The number of rotatable bonds is 0. The predicted octanol–water partition coefficient (Wildman–Crippen LogP) is -3.46. The lowest BCUT2D eigenvalue weighted by molar-refractivity contribution is -0.901. The summed E-state index contributed by atoms with van der Waals surface area (Å²) in [5.41, 5.74) is 0. The second-order valence-electron chi connectivity index (χ2n) is 4.22. The summed E-state index contributed by atoms with van der Waals surface area (Å²) in [5.74, 6) is 3.48. The highest BCUT2D eigenvalue weighted by Gasteiger charge is 2.49. The summed E-state index contributed by atoms with van der Waals surface area (Å²) in [6.45, 7) is 4.58. The molecule has 2 heteroatoms. The number of hydrogen-bond acceptors (Lipinski definition) is 0. The summed E-state index contributed by atoms with van der Waals surface area (Å²) in [6.07, 6.45) is 3.18. The lowest BCUT2D eigenvalue weighted by Gasteiger charge is -2.25.